The highest BCUT2D eigenvalue weighted by atomic mass is 16.3. The van der Waals surface area contributed by atoms with Crippen molar-refractivity contribution in [1.82, 2.24) is 10.2 Å². The highest BCUT2D eigenvalue weighted by Gasteiger charge is 2.23. The van der Waals surface area contributed by atoms with Gasteiger partial charge in [0, 0.05) is 38.2 Å². The van der Waals surface area contributed by atoms with Gasteiger partial charge in [0.25, 0.3) is 0 Å². The Bertz CT molecular complexity index is 207. The van der Waals surface area contributed by atoms with Gasteiger partial charge in [-0.25, -0.2) is 0 Å². The molecule has 0 spiro atoms. The summed E-state index contributed by atoms with van der Waals surface area (Å²) in [5.41, 5.74) is 0. The van der Waals surface area contributed by atoms with Gasteiger partial charge in [-0.05, 0) is 26.7 Å². The second-order valence-electron chi connectivity index (χ2n) is 4.47. The predicted octanol–water partition coefficient (Wildman–Crippen LogP) is 0.358. The Kier molecular flexibility index (Phi) is 5.05. The van der Waals surface area contributed by atoms with E-state index in [2.05, 4.69) is 24.1 Å². The summed E-state index contributed by atoms with van der Waals surface area (Å²) in [6.07, 6.45) is 2.41. The summed E-state index contributed by atoms with van der Waals surface area (Å²) in [6.45, 7) is 6.34. The molecule has 0 aromatic carbocycles. The van der Waals surface area contributed by atoms with Crippen molar-refractivity contribution in [3.05, 3.63) is 0 Å². The maximum atomic E-state index is 11.0. The number of hydrogen-bond donors (Lipinski definition) is 2. The van der Waals surface area contributed by atoms with Crippen LogP contribution in [0.2, 0.25) is 0 Å². The third-order valence-electron chi connectivity index (χ3n) is 2.87. The summed E-state index contributed by atoms with van der Waals surface area (Å²) in [5, 5.41) is 11.8. The third-order valence-corrected chi connectivity index (χ3v) is 2.87. The number of nitrogens with one attached hydrogen (secondary N) is 1. The first kappa shape index (κ1) is 12.5. The van der Waals surface area contributed by atoms with Gasteiger partial charge < -0.3 is 10.4 Å². The second kappa shape index (κ2) is 6.08. The molecule has 0 radical (unpaired) electrons. The molecule has 15 heavy (non-hydrogen) atoms. The number of aliphatic hydroxyl groups is 1. The van der Waals surface area contributed by atoms with E-state index in [9.17, 15) is 4.79 Å². The lowest BCUT2D eigenvalue weighted by molar-refractivity contribution is -0.119. The first-order chi connectivity index (χ1) is 7.13. The molecule has 1 atom stereocenters. The molecule has 1 aliphatic rings. The topological polar surface area (TPSA) is 52.6 Å². The largest absolute Gasteiger partial charge is 0.396 e. The summed E-state index contributed by atoms with van der Waals surface area (Å²) >= 11 is 0. The fraction of sp³-hybridized carbons (Fsp3) is 0.909. The van der Waals surface area contributed by atoms with Crippen LogP contribution in [0.5, 0.6) is 0 Å². The number of hydrogen-bond acceptors (Lipinski definition) is 3. The highest BCUT2D eigenvalue weighted by Crippen LogP contribution is 2.10. The van der Waals surface area contributed by atoms with Gasteiger partial charge in [-0.2, -0.15) is 0 Å². The van der Waals surface area contributed by atoms with E-state index < -0.39 is 0 Å². The molecule has 1 rings (SSSR count). The molecule has 1 heterocycles. The summed E-state index contributed by atoms with van der Waals surface area (Å²) < 4.78 is 0. The van der Waals surface area contributed by atoms with Crippen molar-refractivity contribution in [1.29, 1.82) is 0 Å². The zero-order valence-corrected chi connectivity index (χ0v) is 9.70. The van der Waals surface area contributed by atoms with Crippen molar-refractivity contribution in [2.75, 3.05) is 19.7 Å². The van der Waals surface area contributed by atoms with Crippen LogP contribution >= 0.6 is 0 Å². The monoisotopic (exact) mass is 214 g/mol. The number of aliphatic hydroxyl groups excluding tert-OH is 1. The summed E-state index contributed by atoms with van der Waals surface area (Å²) in [5.74, 6) is 0.172. The summed E-state index contributed by atoms with van der Waals surface area (Å²) in [4.78, 5) is 13.4. The minimum absolute atomic E-state index is 0.172. The number of carbonyl (C=O) groups is 1. The molecule has 0 bridgehead atoms. The molecular weight excluding hydrogens is 192 g/mol. The van der Waals surface area contributed by atoms with Gasteiger partial charge in [0.15, 0.2) is 0 Å². The van der Waals surface area contributed by atoms with Crippen molar-refractivity contribution >= 4 is 5.91 Å². The van der Waals surface area contributed by atoms with Crippen LogP contribution in [0.3, 0.4) is 0 Å². The number of nitrogens with zero attached hydrogens (tertiary/aromatic N) is 1. The van der Waals surface area contributed by atoms with Gasteiger partial charge in [-0.1, -0.05) is 0 Å². The van der Waals surface area contributed by atoms with Gasteiger partial charge in [-0.15, -0.1) is 0 Å². The zero-order valence-electron chi connectivity index (χ0n) is 9.70. The smallest absolute Gasteiger partial charge is 0.220 e. The Hall–Kier alpha value is -0.610. The van der Waals surface area contributed by atoms with Crippen molar-refractivity contribution < 1.29 is 9.90 Å². The van der Waals surface area contributed by atoms with Gasteiger partial charge in [0.05, 0.1) is 0 Å². The average molecular weight is 214 g/mol. The summed E-state index contributed by atoms with van der Waals surface area (Å²) in [7, 11) is 0. The average Bonchev–Trinajstić information content (AvgIpc) is 2.58. The molecular formula is C11H22N2O2. The van der Waals surface area contributed by atoms with Crippen LogP contribution in [0.1, 0.15) is 33.1 Å². The molecule has 88 valence electrons. The minimum Gasteiger partial charge on any atom is -0.396 e. The molecule has 1 amide bonds. The minimum atomic E-state index is 0.172. The molecule has 1 fully saturated rings. The fourth-order valence-corrected chi connectivity index (χ4v) is 1.93. The normalized spacial score (nSPS) is 21.4. The van der Waals surface area contributed by atoms with E-state index in [0.29, 0.717) is 18.5 Å². The van der Waals surface area contributed by atoms with E-state index in [0.717, 1.165) is 25.9 Å². The third kappa shape index (κ3) is 4.18. The number of rotatable bonds is 6. The first-order valence-electron chi connectivity index (χ1n) is 5.77. The van der Waals surface area contributed by atoms with Crippen LogP contribution in [-0.4, -0.2) is 47.7 Å². The van der Waals surface area contributed by atoms with Crippen LogP contribution in [0.15, 0.2) is 0 Å². The van der Waals surface area contributed by atoms with E-state index in [-0.39, 0.29) is 12.5 Å². The maximum Gasteiger partial charge on any atom is 0.220 e. The van der Waals surface area contributed by atoms with Crippen LogP contribution in [0.4, 0.5) is 0 Å². The van der Waals surface area contributed by atoms with Gasteiger partial charge in [0.1, 0.15) is 0 Å². The zero-order chi connectivity index (χ0) is 11.3. The second-order valence-corrected chi connectivity index (χ2v) is 4.47. The molecule has 1 saturated heterocycles. The SMILES string of the molecule is CC(C)N(CCCO)CC1CCC(=O)N1. The quantitative estimate of drug-likeness (QED) is 0.671. The molecule has 2 N–H and O–H groups in total. The molecule has 0 saturated carbocycles. The van der Waals surface area contributed by atoms with Crippen LogP contribution in [-0.2, 0) is 4.79 Å². The predicted molar refractivity (Wildman–Crippen MR) is 59.6 cm³/mol. The molecule has 4 nitrogen and oxygen atoms in total. The Balaban J connectivity index is 2.33. The number of amides is 1. The van der Waals surface area contributed by atoms with Crippen LogP contribution < -0.4 is 5.32 Å². The Morgan fingerprint density at radius 1 is 1.60 bits per heavy atom. The Morgan fingerprint density at radius 2 is 2.33 bits per heavy atom. The van der Waals surface area contributed by atoms with E-state index in [1.54, 1.807) is 0 Å². The van der Waals surface area contributed by atoms with Gasteiger partial charge in [0.2, 0.25) is 5.91 Å². The molecule has 0 aliphatic carbocycles. The van der Waals surface area contributed by atoms with Crippen molar-refractivity contribution in [3.8, 4) is 0 Å². The lowest BCUT2D eigenvalue weighted by Crippen LogP contribution is -2.42. The lowest BCUT2D eigenvalue weighted by Gasteiger charge is -2.28. The Morgan fingerprint density at radius 3 is 2.80 bits per heavy atom. The molecule has 4 heteroatoms. The lowest BCUT2D eigenvalue weighted by atomic mass is 10.2. The van der Waals surface area contributed by atoms with Crippen LogP contribution in [0, 0.1) is 0 Å². The Labute approximate surface area is 91.6 Å². The van der Waals surface area contributed by atoms with Gasteiger partial charge >= 0.3 is 0 Å². The van der Waals surface area contributed by atoms with E-state index >= 15 is 0 Å². The first-order valence-corrected chi connectivity index (χ1v) is 5.77. The molecule has 1 aliphatic heterocycles. The van der Waals surface area contributed by atoms with Crippen molar-refractivity contribution in [2.24, 2.45) is 0 Å². The molecule has 1 unspecified atom stereocenters. The van der Waals surface area contributed by atoms with E-state index in [1.807, 2.05) is 0 Å². The molecule has 0 aromatic heterocycles. The highest BCUT2D eigenvalue weighted by molar-refractivity contribution is 5.78. The van der Waals surface area contributed by atoms with Crippen molar-refractivity contribution in [2.45, 2.75) is 45.2 Å². The van der Waals surface area contributed by atoms with Crippen molar-refractivity contribution in [3.63, 3.8) is 0 Å². The maximum absolute atomic E-state index is 11.0. The standard InChI is InChI=1S/C11H22N2O2/c1-9(2)13(6-3-7-14)8-10-4-5-11(15)12-10/h9-10,14H,3-8H2,1-2H3,(H,12,15). The number of carbonyl (C=O) groups excluding carboxylic acids is 1. The fourth-order valence-electron chi connectivity index (χ4n) is 1.93. The summed E-state index contributed by atoms with van der Waals surface area (Å²) in [6, 6.07) is 0.771. The van der Waals surface area contributed by atoms with Gasteiger partial charge in [-0.3, -0.25) is 9.69 Å². The van der Waals surface area contributed by atoms with Crippen LogP contribution in [0.25, 0.3) is 0 Å². The van der Waals surface area contributed by atoms with E-state index in [1.165, 1.54) is 0 Å². The van der Waals surface area contributed by atoms with E-state index in [4.69, 9.17) is 5.11 Å². The molecule has 0 aromatic rings.